The highest BCUT2D eigenvalue weighted by Gasteiger charge is 2.28. The third kappa shape index (κ3) is 6.01. The fraction of sp³-hybridized carbons (Fsp3) is 0.138. The summed E-state index contributed by atoms with van der Waals surface area (Å²) >= 11 is 6.06. The Bertz CT molecular complexity index is 1490. The summed E-state index contributed by atoms with van der Waals surface area (Å²) in [6, 6.07) is 24.6. The minimum Gasteiger partial charge on any atom is -0.495 e. The van der Waals surface area contributed by atoms with Gasteiger partial charge in [-0.1, -0.05) is 60.3 Å². The molecule has 8 heteroatoms. The summed E-state index contributed by atoms with van der Waals surface area (Å²) in [7, 11) is 1.64. The number of halogens is 2. The molecule has 1 atom stereocenters. The third-order valence-corrected chi connectivity index (χ3v) is 8.57. The summed E-state index contributed by atoms with van der Waals surface area (Å²) < 4.78 is 13.7. The summed E-state index contributed by atoms with van der Waals surface area (Å²) in [5.74, 6) is 1.49. The number of carbonyl (C=O) groups is 1. The minimum atomic E-state index is -0.282. The van der Waals surface area contributed by atoms with Gasteiger partial charge in [0, 0.05) is 0 Å². The van der Waals surface area contributed by atoms with Crippen LogP contribution in [0.5, 0.6) is 11.5 Å². The smallest absolute Gasteiger partial charge is 0.260 e. The number of hydrogen-bond donors (Lipinski definition) is 2. The number of amides is 1. The lowest BCUT2D eigenvalue weighted by molar-refractivity contribution is -0.116. The molecule has 5 nitrogen and oxygen atoms in total. The van der Waals surface area contributed by atoms with Crippen molar-refractivity contribution in [2.45, 2.75) is 19.0 Å². The molecule has 188 valence electrons. The topological polar surface area (TPSA) is 59.6 Å². The van der Waals surface area contributed by atoms with E-state index in [1.54, 1.807) is 7.11 Å². The minimum absolute atomic E-state index is 0.101. The fourth-order valence-electron chi connectivity index (χ4n) is 4.16. The Morgan fingerprint density at radius 1 is 1.03 bits per heavy atom. The van der Waals surface area contributed by atoms with Crippen molar-refractivity contribution in [3.63, 3.8) is 0 Å². The summed E-state index contributed by atoms with van der Waals surface area (Å²) in [6.45, 7) is 2.51. The van der Waals surface area contributed by atoms with Crippen LogP contribution in [0.25, 0.3) is 16.8 Å². The molecule has 5 rings (SSSR count). The molecule has 4 aromatic carbocycles. The van der Waals surface area contributed by atoms with E-state index in [1.165, 1.54) is 22.5 Å². The van der Waals surface area contributed by atoms with Crippen LogP contribution in [0.4, 0.5) is 5.69 Å². The predicted molar refractivity (Wildman–Crippen MR) is 169 cm³/mol. The number of nitrogens with one attached hydrogen (secondary N) is 2. The molecule has 0 spiro atoms. The monoisotopic (exact) mass is 734 g/mol. The molecule has 1 amide bonds. The van der Waals surface area contributed by atoms with Crippen LogP contribution in [0, 0.1) is 14.1 Å². The molecule has 1 aliphatic rings. The zero-order valence-corrected chi connectivity index (χ0v) is 25.3. The SMILES string of the molecule is COc1ccc(C)cc1NC1NC(=O)/C(=C/c2cc(I)c(OCc3cccc4ccccc34)c(I)c2)S1. The summed E-state index contributed by atoms with van der Waals surface area (Å²) in [4.78, 5) is 13.4. The average Bonchev–Trinajstić information content (AvgIpc) is 3.21. The maximum absolute atomic E-state index is 12.7. The maximum atomic E-state index is 12.7. The van der Waals surface area contributed by atoms with E-state index in [0.717, 1.165) is 41.0 Å². The molecule has 1 aliphatic heterocycles. The molecule has 0 bridgehead atoms. The van der Waals surface area contributed by atoms with Crippen LogP contribution in [-0.2, 0) is 11.4 Å². The number of aryl methyl sites for hydroxylation is 1. The molecule has 0 saturated carbocycles. The molecule has 1 saturated heterocycles. The second-order valence-electron chi connectivity index (χ2n) is 8.57. The quantitative estimate of drug-likeness (QED) is 0.152. The first kappa shape index (κ1) is 26.2. The second-order valence-corrected chi connectivity index (χ2v) is 12.0. The van der Waals surface area contributed by atoms with E-state index in [4.69, 9.17) is 9.47 Å². The van der Waals surface area contributed by atoms with E-state index in [2.05, 4.69) is 92.2 Å². The number of hydrogen-bond acceptors (Lipinski definition) is 5. The number of benzene rings is 4. The van der Waals surface area contributed by atoms with Crippen LogP contribution in [0.15, 0.2) is 77.7 Å². The Morgan fingerprint density at radius 3 is 2.57 bits per heavy atom. The van der Waals surface area contributed by atoms with E-state index in [0.29, 0.717) is 11.5 Å². The van der Waals surface area contributed by atoms with E-state index in [1.807, 2.05) is 49.4 Å². The highest BCUT2D eigenvalue weighted by molar-refractivity contribution is 14.1. The number of rotatable bonds is 7. The van der Waals surface area contributed by atoms with Gasteiger partial charge in [0.2, 0.25) is 0 Å². The average molecular weight is 734 g/mol. The number of anilines is 1. The van der Waals surface area contributed by atoms with Crippen LogP contribution >= 0.6 is 56.9 Å². The highest BCUT2D eigenvalue weighted by atomic mass is 127. The zero-order valence-electron chi connectivity index (χ0n) is 20.2. The Labute approximate surface area is 247 Å². The zero-order chi connectivity index (χ0) is 25.9. The molecule has 0 aliphatic carbocycles. The summed E-state index contributed by atoms with van der Waals surface area (Å²) in [5.41, 5.74) is 3.78. The molecule has 37 heavy (non-hydrogen) atoms. The van der Waals surface area contributed by atoms with Crippen LogP contribution in [0.3, 0.4) is 0 Å². The van der Waals surface area contributed by atoms with Crippen molar-refractivity contribution in [1.29, 1.82) is 0 Å². The van der Waals surface area contributed by atoms with Crippen molar-refractivity contribution in [1.82, 2.24) is 5.32 Å². The summed E-state index contributed by atoms with van der Waals surface area (Å²) in [6.07, 6.45) is 1.92. The lowest BCUT2D eigenvalue weighted by Gasteiger charge is -2.16. The van der Waals surface area contributed by atoms with Crippen LogP contribution in [0.2, 0.25) is 0 Å². The van der Waals surface area contributed by atoms with Crippen molar-refractivity contribution in [3.05, 3.63) is 102 Å². The van der Waals surface area contributed by atoms with Gasteiger partial charge in [-0.15, -0.1) is 0 Å². The largest absolute Gasteiger partial charge is 0.495 e. The van der Waals surface area contributed by atoms with Gasteiger partial charge in [-0.3, -0.25) is 4.79 Å². The number of thioether (sulfide) groups is 1. The molecule has 0 aromatic heterocycles. The van der Waals surface area contributed by atoms with Crippen LogP contribution in [-0.4, -0.2) is 18.5 Å². The highest BCUT2D eigenvalue weighted by Crippen LogP contribution is 2.35. The molecule has 1 heterocycles. The molecule has 1 fully saturated rings. The Hall–Kier alpha value is -2.44. The Kier molecular flexibility index (Phi) is 8.15. The van der Waals surface area contributed by atoms with Gasteiger partial charge in [-0.25, -0.2) is 0 Å². The molecule has 1 unspecified atom stereocenters. The van der Waals surface area contributed by atoms with Crippen molar-refractivity contribution in [2.75, 3.05) is 12.4 Å². The number of ether oxygens (including phenoxy) is 2. The van der Waals surface area contributed by atoms with Crippen molar-refractivity contribution in [3.8, 4) is 11.5 Å². The number of carbonyl (C=O) groups excluding carboxylic acids is 1. The van der Waals surface area contributed by atoms with E-state index in [9.17, 15) is 4.79 Å². The van der Waals surface area contributed by atoms with Gasteiger partial charge in [0.15, 0.2) is 5.50 Å². The van der Waals surface area contributed by atoms with E-state index < -0.39 is 0 Å². The van der Waals surface area contributed by atoms with Crippen LogP contribution < -0.4 is 20.1 Å². The molecule has 4 aromatic rings. The third-order valence-electron chi connectivity index (χ3n) is 5.94. The Morgan fingerprint density at radius 2 is 1.78 bits per heavy atom. The second kappa shape index (κ2) is 11.5. The standard InChI is InChI=1S/C29H24I2N2O3S/c1-17-10-11-25(35-2)24(12-17)32-29-33-28(34)26(37-29)15-18-13-22(30)27(23(31)14-18)36-16-20-8-5-7-19-6-3-4-9-21(19)20/h3-15,29,32H,16H2,1-2H3,(H,33,34)/b26-15-. The number of fused-ring (bicyclic) bond motifs is 1. The van der Waals surface area contributed by atoms with Crippen molar-refractivity contribution in [2.24, 2.45) is 0 Å². The summed E-state index contributed by atoms with van der Waals surface area (Å²) in [5, 5.41) is 8.77. The van der Waals surface area contributed by atoms with E-state index >= 15 is 0 Å². The Balaban J connectivity index is 1.31. The van der Waals surface area contributed by atoms with Gasteiger partial charge in [0.05, 0.1) is 24.8 Å². The van der Waals surface area contributed by atoms with Crippen LogP contribution in [0.1, 0.15) is 16.7 Å². The lowest BCUT2D eigenvalue weighted by Crippen LogP contribution is -2.31. The maximum Gasteiger partial charge on any atom is 0.260 e. The molecule has 0 radical (unpaired) electrons. The van der Waals surface area contributed by atoms with Crippen molar-refractivity contribution < 1.29 is 14.3 Å². The van der Waals surface area contributed by atoms with Gasteiger partial charge in [0.25, 0.3) is 5.91 Å². The lowest BCUT2D eigenvalue weighted by atomic mass is 10.1. The molecular weight excluding hydrogens is 710 g/mol. The first-order valence-electron chi connectivity index (χ1n) is 11.6. The molecular formula is C29H24I2N2O3S. The van der Waals surface area contributed by atoms with Gasteiger partial charge >= 0.3 is 0 Å². The predicted octanol–water partition coefficient (Wildman–Crippen LogP) is 7.54. The van der Waals surface area contributed by atoms with Crippen molar-refractivity contribution >= 4 is 85.4 Å². The first-order chi connectivity index (χ1) is 17.9. The number of methoxy groups -OCH3 is 1. The van der Waals surface area contributed by atoms with Gasteiger partial charge in [-0.05, 0) is 110 Å². The normalized spacial score (nSPS) is 16.2. The van der Waals surface area contributed by atoms with Gasteiger partial charge < -0.3 is 20.1 Å². The van der Waals surface area contributed by atoms with E-state index in [-0.39, 0.29) is 11.4 Å². The van der Waals surface area contributed by atoms with Gasteiger partial charge in [-0.2, -0.15) is 0 Å². The molecule has 2 N–H and O–H groups in total. The van der Waals surface area contributed by atoms with Gasteiger partial charge in [0.1, 0.15) is 18.1 Å². The first-order valence-corrected chi connectivity index (χ1v) is 14.6. The fourth-order valence-corrected chi connectivity index (χ4v) is 7.27.